The van der Waals surface area contributed by atoms with Gasteiger partial charge in [-0.15, -0.1) is 0 Å². The van der Waals surface area contributed by atoms with E-state index >= 15 is 0 Å². The number of nitrogen functional groups attached to an aromatic ring is 1. The van der Waals surface area contributed by atoms with Gasteiger partial charge in [0.05, 0.1) is 18.3 Å². The Bertz CT molecular complexity index is 775. The standard InChI is InChI=1S/C13H13F2N5/c1-8-6-17-19(7-8)2-3-20-11-5-9(14)4-10(15)12(11)18-13(20)16/h4-7H,2-3H2,1H3,(H2,16,18). The van der Waals surface area contributed by atoms with Crippen molar-refractivity contribution in [1.29, 1.82) is 0 Å². The topological polar surface area (TPSA) is 61.7 Å². The van der Waals surface area contributed by atoms with Gasteiger partial charge in [0.25, 0.3) is 0 Å². The second-order valence-corrected chi connectivity index (χ2v) is 4.66. The van der Waals surface area contributed by atoms with E-state index in [1.165, 1.54) is 6.07 Å². The van der Waals surface area contributed by atoms with Crippen LogP contribution in [-0.4, -0.2) is 19.3 Å². The molecule has 20 heavy (non-hydrogen) atoms. The summed E-state index contributed by atoms with van der Waals surface area (Å²) >= 11 is 0. The highest BCUT2D eigenvalue weighted by Gasteiger charge is 2.13. The van der Waals surface area contributed by atoms with E-state index in [4.69, 9.17) is 5.73 Å². The maximum absolute atomic E-state index is 13.6. The van der Waals surface area contributed by atoms with Gasteiger partial charge in [-0.2, -0.15) is 5.10 Å². The third-order valence-corrected chi connectivity index (χ3v) is 3.12. The molecule has 0 saturated carbocycles. The number of nitrogens with two attached hydrogens (primary N) is 1. The number of hydrogen-bond donors (Lipinski definition) is 1. The zero-order valence-electron chi connectivity index (χ0n) is 10.8. The van der Waals surface area contributed by atoms with E-state index in [-0.39, 0.29) is 11.5 Å². The van der Waals surface area contributed by atoms with Crippen molar-refractivity contribution in [2.45, 2.75) is 20.0 Å². The molecule has 0 bridgehead atoms. The molecular formula is C13H13F2N5. The fraction of sp³-hybridized carbons (Fsp3) is 0.231. The number of fused-ring (bicyclic) bond motifs is 1. The molecular weight excluding hydrogens is 264 g/mol. The SMILES string of the molecule is Cc1cnn(CCn2c(N)nc3c(F)cc(F)cc32)c1. The van der Waals surface area contributed by atoms with Crippen LogP contribution in [0, 0.1) is 18.6 Å². The second kappa shape index (κ2) is 4.59. The number of anilines is 1. The predicted molar refractivity (Wildman–Crippen MR) is 71.0 cm³/mol. The van der Waals surface area contributed by atoms with Gasteiger partial charge in [0, 0.05) is 24.9 Å². The average Bonchev–Trinajstić information content (AvgIpc) is 2.91. The van der Waals surface area contributed by atoms with Crippen molar-refractivity contribution in [2.24, 2.45) is 0 Å². The van der Waals surface area contributed by atoms with Gasteiger partial charge >= 0.3 is 0 Å². The van der Waals surface area contributed by atoms with Crippen LogP contribution in [0.4, 0.5) is 14.7 Å². The highest BCUT2D eigenvalue weighted by Crippen LogP contribution is 2.22. The molecule has 0 aliphatic rings. The van der Waals surface area contributed by atoms with Crippen molar-refractivity contribution in [3.63, 3.8) is 0 Å². The minimum absolute atomic E-state index is 0.0838. The Hall–Kier alpha value is -2.44. The first-order chi connectivity index (χ1) is 9.54. The molecule has 0 amide bonds. The number of imidazole rings is 1. The van der Waals surface area contributed by atoms with Gasteiger partial charge < -0.3 is 10.3 Å². The van der Waals surface area contributed by atoms with Gasteiger partial charge in [-0.3, -0.25) is 4.68 Å². The molecule has 3 rings (SSSR count). The number of halogens is 2. The molecule has 2 heterocycles. The lowest BCUT2D eigenvalue weighted by Gasteiger charge is -2.06. The summed E-state index contributed by atoms with van der Waals surface area (Å²) in [6, 6.07) is 2.03. The molecule has 3 aromatic rings. The first-order valence-electron chi connectivity index (χ1n) is 6.14. The maximum Gasteiger partial charge on any atom is 0.201 e. The summed E-state index contributed by atoms with van der Waals surface area (Å²) in [5.74, 6) is -1.19. The van der Waals surface area contributed by atoms with Crippen molar-refractivity contribution in [1.82, 2.24) is 19.3 Å². The molecule has 7 heteroatoms. The third kappa shape index (κ3) is 2.11. The summed E-state index contributed by atoms with van der Waals surface area (Å²) in [7, 11) is 0. The molecule has 0 unspecified atom stereocenters. The summed E-state index contributed by atoms with van der Waals surface area (Å²) in [5, 5.41) is 4.15. The molecule has 2 aromatic heterocycles. The Morgan fingerprint density at radius 1 is 1.25 bits per heavy atom. The summed E-state index contributed by atoms with van der Waals surface area (Å²) < 4.78 is 30.3. The van der Waals surface area contributed by atoms with Crippen molar-refractivity contribution in [2.75, 3.05) is 5.73 Å². The van der Waals surface area contributed by atoms with Crippen LogP contribution < -0.4 is 5.73 Å². The minimum atomic E-state index is -0.708. The molecule has 0 aliphatic carbocycles. The Labute approximate surface area is 113 Å². The Balaban J connectivity index is 1.96. The number of aryl methyl sites for hydroxylation is 3. The molecule has 0 fully saturated rings. The van der Waals surface area contributed by atoms with Crippen LogP contribution in [0.5, 0.6) is 0 Å². The quantitative estimate of drug-likeness (QED) is 0.797. The van der Waals surface area contributed by atoms with E-state index in [2.05, 4.69) is 10.1 Å². The smallest absolute Gasteiger partial charge is 0.201 e. The monoisotopic (exact) mass is 277 g/mol. The third-order valence-electron chi connectivity index (χ3n) is 3.12. The number of benzene rings is 1. The van der Waals surface area contributed by atoms with Crippen molar-refractivity contribution in [3.05, 3.63) is 41.7 Å². The van der Waals surface area contributed by atoms with E-state index in [9.17, 15) is 8.78 Å². The Morgan fingerprint density at radius 3 is 2.75 bits per heavy atom. The summed E-state index contributed by atoms with van der Waals surface area (Å²) in [6.45, 7) is 2.92. The molecule has 1 aromatic carbocycles. The number of rotatable bonds is 3. The molecule has 104 valence electrons. The van der Waals surface area contributed by atoms with Crippen LogP contribution in [0.25, 0.3) is 11.0 Å². The highest BCUT2D eigenvalue weighted by molar-refractivity contribution is 5.79. The van der Waals surface area contributed by atoms with Crippen LogP contribution in [0.3, 0.4) is 0 Å². The van der Waals surface area contributed by atoms with Gasteiger partial charge in [0.1, 0.15) is 11.3 Å². The Morgan fingerprint density at radius 2 is 2.05 bits per heavy atom. The van der Waals surface area contributed by atoms with Gasteiger partial charge in [0.15, 0.2) is 5.82 Å². The lowest BCUT2D eigenvalue weighted by atomic mass is 10.3. The first kappa shape index (κ1) is 12.6. The molecule has 0 saturated heterocycles. The summed E-state index contributed by atoms with van der Waals surface area (Å²) in [6.07, 6.45) is 3.63. The van der Waals surface area contributed by atoms with E-state index in [1.54, 1.807) is 15.4 Å². The Kier molecular flexibility index (Phi) is 2.89. The van der Waals surface area contributed by atoms with E-state index in [0.29, 0.717) is 18.6 Å². The molecule has 2 N–H and O–H groups in total. The van der Waals surface area contributed by atoms with Crippen LogP contribution in [-0.2, 0) is 13.1 Å². The van der Waals surface area contributed by atoms with E-state index in [1.807, 2.05) is 13.1 Å². The fourth-order valence-electron chi connectivity index (χ4n) is 2.19. The second-order valence-electron chi connectivity index (χ2n) is 4.66. The summed E-state index contributed by atoms with van der Waals surface area (Å²) in [5.41, 5.74) is 7.26. The zero-order valence-corrected chi connectivity index (χ0v) is 10.8. The van der Waals surface area contributed by atoms with E-state index < -0.39 is 11.6 Å². The highest BCUT2D eigenvalue weighted by atomic mass is 19.1. The predicted octanol–water partition coefficient (Wildman–Crippen LogP) is 2.10. The van der Waals surface area contributed by atoms with Crippen LogP contribution in [0.1, 0.15) is 5.56 Å². The van der Waals surface area contributed by atoms with Gasteiger partial charge in [0.2, 0.25) is 5.95 Å². The van der Waals surface area contributed by atoms with Crippen LogP contribution in [0.15, 0.2) is 24.5 Å². The molecule has 5 nitrogen and oxygen atoms in total. The molecule has 0 aliphatic heterocycles. The van der Waals surface area contributed by atoms with Crippen molar-refractivity contribution in [3.8, 4) is 0 Å². The normalized spacial score (nSPS) is 11.3. The maximum atomic E-state index is 13.6. The fourth-order valence-corrected chi connectivity index (χ4v) is 2.19. The van der Waals surface area contributed by atoms with Crippen LogP contribution in [0.2, 0.25) is 0 Å². The van der Waals surface area contributed by atoms with Crippen LogP contribution >= 0.6 is 0 Å². The average molecular weight is 277 g/mol. The lowest BCUT2D eigenvalue weighted by Crippen LogP contribution is -2.10. The van der Waals surface area contributed by atoms with Gasteiger partial charge in [-0.05, 0) is 12.5 Å². The minimum Gasteiger partial charge on any atom is -0.369 e. The van der Waals surface area contributed by atoms with Gasteiger partial charge in [-0.1, -0.05) is 0 Å². The number of nitrogens with zero attached hydrogens (tertiary/aromatic N) is 4. The van der Waals surface area contributed by atoms with Crippen molar-refractivity contribution >= 4 is 17.0 Å². The summed E-state index contributed by atoms with van der Waals surface area (Å²) in [4.78, 5) is 3.94. The first-order valence-corrected chi connectivity index (χ1v) is 6.14. The molecule has 0 spiro atoms. The largest absolute Gasteiger partial charge is 0.369 e. The number of hydrogen-bond acceptors (Lipinski definition) is 3. The molecule has 0 radical (unpaired) electrons. The van der Waals surface area contributed by atoms with Gasteiger partial charge in [-0.25, -0.2) is 13.8 Å². The van der Waals surface area contributed by atoms with Crippen molar-refractivity contribution < 1.29 is 8.78 Å². The van der Waals surface area contributed by atoms with E-state index in [0.717, 1.165) is 11.6 Å². The number of aromatic nitrogens is 4. The zero-order chi connectivity index (χ0) is 14.3. The molecule has 0 atom stereocenters. The lowest BCUT2D eigenvalue weighted by molar-refractivity contribution is 0.543.